The average molecular weight is 365 g/mol. The van der Waals surface area contributed by atoms with Crippen LogP contribution in [0.15, 0.2) is 18.2 Å². The van der Waals surface area contributed by atoms with Gasteiger partial charge in [-0.2, -0.15) is 0 Å². The minimum Gasteiger partial charge on any atom is -0.465 e. The van der Waals surface area contributed by atoms with E-state index in [9.17, 15) is 14.4 Å². The van der Waals surface area contributed by atoms with Gasteiger partial charge in [0.2, 0.25) is 0 Å². The first-order chi connectivity index (χ1) is 12.3. The number of esters is 2. The molecule has 26 heavy (non-hydrogen) atoms. The normalized spacial score (nSPS) is 22.4. The van der Waals surface area contributed by atoms with Gasteiger partial charge in [-0.15, -0.1) is 0 Å². The predicted molar refractivity (Wildman–Crippen MR) is 93.3 cm³/mol. The number of nitrogens with one attached hydrogen (secondary N) is 2. The second-order valence-corrected chi connectivity index (χ2v) is 6.42. The molecular weight excluding hydrogens is 340 g/mol. The molecule has 0 aromatic heterocycles. The number of quaternary nitrogens is 1. The molecule has 2 rings (SSSR count). The number of carbonyl (C=O) groups excluding carboxylic acids is 3. The summed E-state index contributed by atoms with van der Waals surface area (Å²) < 4.78 is 15.0. The fourth-order valence-corrected chi connectivity index (χ4v) is 3.14. The predicted octanol–water partition coefficient (Wildman–Crippen LogP) is -0.110. The Hall–Kier alpha value is -2.45. The number of ether oxygens (including phenoxy) is 3. The average Bonchev–Trinajstić information content (AvgIpc) is 2.58. The fraction of sp³-hybridized carbons (Fsp3) is 0.500. The van der Waals surface area contributed by atoms with E-state index in [-0.39, 0.29) is 35.8 Å². The van der Waals surface area contributed by atoms with Crippen molar-refractivity contribution in [2.24, 2.45) is 0 Å². The van der Waals surface area contributed by atoms with Gasteiger partial charge in [0.05, 0.1) is 25.3 Å². The van der Waals surface area contributed by atoms with Crippen LogP contribution in [0.3, 0.4) is 0 Å². The summed E-state index contributed by atoms with van der Waals surface area (Å²) in [6.45, 7) is 5.72. The summed E-state index contributed by atoms with van der Waals surface area (Å²) in [5.74, 6) is -1.42. The second-order valence-electron chi connectivity index (χ2n) is 6.42. The summed E-state index contributed by atoms with van der Waals surface area (Å²) >= 11 is 0. The molecule has 0 aliphatic carbocycles. The summed E-state index contributed by atoms with van der Waals surface area (Å²) in [5, 5.41) is 2.74. The number of hydrogen-bond donors (Lipinski definition) is 2. The van der Waals surface area contributed by atoms with Crippen molar-refractivity contribution in [1.29, 1.82) is 0 Å². The van der Waals surface area contributed by atoms with Gasteiger partial charge in [-0.25, -0.2) is 9.59 Å². The van der Waals surface area contributed by atoms with E-state index in [1.54, 1.807) is 0 Å². The van der Waals surface area contributed by atoms with Crippen molar-refractivity contribution >= 4 is 23.5 Å². The highest BCUT2D eigenvalue weighted by atomic mass is 16.5. The SMILES string of the molecule is COC(=O)c1cc(NC(=O)C[NH+]2C[C@@H](C)O[C@H](C)C2)cc(C(=O)OC)c1. The molecule has 1 aromatic carbocycles. The molecule has 8 heteroatoms. The number of hydrogen-bond acceptors (Lipinski definition) is 6. The third-order valence-corrected chi connectivity index (χ3v) is 4.09. The van der Waals surface area contributed by atoms with E-state index in [4.69, 9.17) is 4.74 Å². The van der Waals surface area contributed by atoms with Gasteiger partial charge >= 0.3 is 11.9 Å². The largest absolute Gasteiger partial charge is 0.465 e. The van der Waals surface area contributed by atoms with Gasteiger partial charge in [0.1, 0.15) is 25.3 Å². The van der Waals surface area contributed by atoms with E-state index in [1.807, 2.05) is 13.8 Å². The van der Waals surface area contributed by atoms with Crippen LogP contribution in [-0.4, -0.2) is 63.9 Å². The van der Waals surface area contributed by atoms with Crippen molar-refractivity contribution in [3.05, 3.63) is 29.3 Å². The van der Waals surface area contributed by atoms with Crippen LogP contribution in [0.1, 0.15) is 34.6 Å². The van der Waals surface area contributed by atoms with Crippen molar-refractivity contribution in [2.75, 3.05) is 39.2 Å². The third kappa shape index (κ3) is 5.27. The van der Waals surface area contributed by atoms with Crippen LogP contribution in [0.5, 0.6) is 0 Å². The summed E-state index contributed by atoms with van der Waals surface area (Å²) in [6.07, 6.45) is 0.185. The zero-order valence-electron chi connectivity index (χ0n) is 15.5. The second kappa shape index (κ2) is 8.77. The maximum Gasteiger partial charge on any atom is 0.337 e. The maximum atomic E-state index is 12.4. The van der Waals surface area contributed by atoms with E-state index in [0.717, 1.165) is 18.0 Å². The van der Waals surface area contributed by atoms with E-state index >= 15 is 0 Å². The molecule has 1 saturated heterocycles. The van der Waals surface area contributed by atoms with Gasteiger partial charge in [0, 0.05) is 5.69 Å². The van der Waals surface area contributed by atoms with Crippen LogP contribution in [0.25, 0.3) is 0 Å². The Morgan fingerprint density at radius 2 is 1.54 bits per heavy atom. The number of methoxy groups -OCH3 is 2. The highest BCUT2D eigenvalue weighted by Crippen LogP contribution is 2.17. The topological polar surface area (TPSA) is 95.4 Å². The first-order valence-electron chi connectivity index (χ1n) is 8.43. The Kier molecular flexibility index (Phi) is 6.70. The number of benzene rings is 1. The molecule has 1 aliphatic rings. The quantitative estimate of drug-likeness (QED) is 0.707. The smallest absolute Gasteiger partial charge is 0.337 e. The number of morpholine rings is 1. The number of rotatable bonds is 5. The third-order valence-electron chi connectivity index (χ3n) is 4.09. The molecule has 0 saturated carbocycles. The highest BCUT2D eigenvalue weighted by Gasteiger charge is 2.27. The van der Waals surface area contributed by atoms with Crippen molar-refractivity contribution in [3.8, 4) is 0 Å². The minimum atomic E-state index is -0.604. The number of amides is 1. The van der Waals surface area contributed by atoms with Crippen molar-refractivity contribution in [2.45, 2.75) is 26.1 Å². The van der Waals surface area contributed by atoms with Gasteiger partial charge in [0.15, 0.2) is 6.54 Å². The van der Waals surface area contributed by atoms with Crippen molar-refractivity contribution < 1.29 is 33.5 Å². The number of anilines is 1. The van der Waals surface area contributed by atoms with E-state index in [0.29, 0.717) is 5.69 Å². The summed E-state index contributed by atoms with van der Waals surface area (Å²) in [4.78, 5) is 37.1. The lowest BCUT2D eigenvalue weighted by Crippen LogP contribution is -3.16. The van der Waals surface area contributed by atoms with Gasteiger partial charge in [-0.1, -0.05) is 0 Å². The van der Waals surface area contributed by atoms with Crippen LogP contribution in [0.4, 0.5) is 5.69 Å². The molecule has 2 atom stereocenters. The molecule has 1 amide bonds. The molecule has 0 radical (unpaired) electrons. The van der Waals surface area contributed by atoms with E-state index in [1.165, 1.54) is 32.4 Å². The molecule has 1 heterocycles. The van der Waals surface area contributed by atoms with Crippen molar-refractivity contribution in [1.82, 2.24) is 0 Å². The van der Waals surface area contributed by atoms with Crippen LogP contribution >= 0.6 is 0 Å². The van der Waals surface area contributed by atoms with Gasteiger partial charge in [-0.3, -0.25) is 4.79 Å². The van der Waals surface area contributed by atoms with Gasteiger partial charge in [0.25, 0.3) is 5.91 Å². The molecular formula is C18H25N2O6+. The summed E-state index contributed by atoms with van der Waals surface area (Å²) in [7, 11) is 2.49. The minimum absolute atomic E-state index is 0.0927. The lowest BCUT2D eigenvalue weighted by molar-refractivity contribution is -0.907. The highest BCUT2D eigenvalue weighted by molar-refractivity contribution is 5.99. The molecule has 142 valence electrons. The molecule has 0 unspecified atom stereocenters. The molecule has 1 aliphatic heterocycles. The molecule has 8 nitrogen and oxygen atoms in total. The van der Waals surface area contributed by atoms with Gasteiger partial charge in [-0.05, 0) is 32.0 Å². The Morgan fingerprint density at radius 3 is 2.00 bits per heavy atom. The van der Waals surface area contributed by atoms with Gasteiger partial charge < -0.3 is 24.4 Å². The van der Waals surface area contributed by atoms with Crippen molar-refractivity contribution in [3.63, 3.8) is 0 Å². The van der Waals surface area contributed by atoms with E-state index < -0.39 is 11.9 Å². The number of carbonyl (C=O) groups is 3. The zero-order valence-corrected chi connectivity index (χ0v) is 15.5. The standard InChI is InChI=1S/C18H24N2O6/c1-11-8-20(9-12(2)26-11)10-16(21)19-15-6-13(17(22)24-3)5-14(7-15)18(23)25-4/h5-7,11-12H,8-10H2,1-4H3,(H,19,21)/p+1/t11-,12-/m1/s1. The fourth-order valence-electron chi connectivity index (χ4n) is 3.14. The maximum absolute atomic E-state index is 12.4. The molecule has 2 N–H and O–H groups in total. The lowest BCUT2D eigenvalue weighted by Gasteiger charge is -2.31. The van der Waals surface area contributed by atoms with Crippen LogP contribution < -0.4 is 10.2 Å². The Balaban J connectivity index is 2.12. The summed E-state index contributed by atoms with van der Waals surface area (Å²) in [5.41, 5.74) is 0.658. The molecule has 1 aromatic rings. The molecule has 0 spiro atoms. The lowest BCUT2D eigenvalue weighted by atomic mass is 10.1. The van der Waals surface area contributed by atoms with Crippen LogP contribution in [0, 0.1) is 0 Å². The Morgan fingerprint density at radius 1 is 1.04 bits per heavy atom. The first-order valence-corrected chi connectivity index (χ1v) is 8.43. The monoisotopic (exact) mass is 365 g/mol. The molecule has 1 fully saturated rings. The zero-order chi connectivity index (χ0) is 19.3. The first kappa shape index (κ1) is 19.9. The van der Waals surface area contributed by atoms with E-state index in [2.05, 4.69) is 14.8 Å². The van der Waals surface area contributed by atoms with Crippen LogP contribution in [-0.2, 0) is 19.0 Å². The Labute approximate surface area is 152 Å². The Bertz CT molecular complexity index is 646. The molecule has 0 bridgehead atoms. The van der Waals surface area contributed by atoms with Crippen LogP contribution in [0.2, 0.25) is 0 Å². The summed E-state index contributed by atoms with van der Waals surface area (Å²) in [6, 6.07) is 4.30.